The average molecular weight is 621 g/mol. The molecule has 0 spiro atoms. The predicted molar refractivity (Wildman–Crippen MR) is 150 cm³/mol. The number of thioether (sulfide) groups is 1. The van der Waals surface area contributed by atoms with Gasteiger partial charge >= 0.3 is 0 Å². The molecular formula is C26H21FINO4S2. The molecule has 3 aromatic rings. The summed E-state index contributed by atoms with van der Waals surface area (Å²) < 4.78 is 32.1. The second-order valence-electron chi connectivity index (χ2n) is 7.36. The van der Waals surface area contributed by atoms with Gasteiger partial charge in [-0.25, -0.2) is 4.39 Å². The smallest absolute Gasteiger partial charge is 0.270 e. The second kappa shape index (κ2) is 11.4. The Balaban J connectivity index is 1.56. The van der Waals surface area contributed by atoms with Gasteiger partial charge in [0, 0.05) is 5.56 Å². The lowest BCUT2D eigenvalue weighted by Gasteiger charge is -2.15. The van der Waals surface area contributed by atoms with E-state index >= 15 is 0 Å². The number of thiocarbonyl (C=S) groups is 1. The Labute approximate surface area is 226 Å². The predicted octanol–water partition coefficient (Wildman–Crippen LogP) is 6.82. The molecule has 4 rings (SSSR count). The fourth-order valence-electron chi connectivity index (χ4n) is 3.43. The number of nitrogens with zero attached hydrogens (tertiary/aromatic N) is 1. The number of methoxy groups -OCH3 is 1. The number of ether oxygens (including phenoxy) is 3. The molecule has 0 bridgehead atoms. The highest BCUT2D eigenvalue weighted by atomic mass is 127. The summed E-state index contributed by atoms with van der Waals surface area (Å²) in [5.74, 6) is 1.21. The minimum absolute atomic E-state index is 0.0686. The molecule has 1 aliphatic rings. The molecule has 180 valence electrons. The monoisotopic (exact) mass is 621 g/mol. The van der Waals surface area contributed by atoms with E-state index in [1.807, 2.05) is 37.3 Å². The molecule has 0 saturated carbocycles. The third-order valence-corrected chi connectivity index (χ3v) is 7.18. The van der Waals surface area contributed by atoms with Gasteiger partial charge in [-0.1, -0.05) is 42.2 Å². The lowest BCUT2D eigenvalue weighted by Crippen LogP contribution is -2.27. The topological polar surface area (TPSA) is 48.0 Å². The summed E-state index contributed by atoms with van der Waals surface area (Å²) >= 11 is 8.86. The van der Waals surface area contributed by atoms with Crippen LogP contribution in [0.15, 0.2) is 65.6 Å². The van der Waals surface area contributed by atoms with Gasteiger partial charge in [0.2, 0.25) is 0 Å². The van der Waals surface area contributed by atoms with Gasteiger partial charge in [-0.3, -0.25) is 9.69 Å². The quantitative estimate of drug-likeness (QED) is 0.156. The zero-order chi connectivity index (χ0) is 24.9. The van der Waals surface area contributed by atoms with Crippen molar-refractivity contribution in [3.8, 4) is 17.2 Å². The van der Waals surface area contributed by atoms with Crippen LogP contribution in [0.25, 0.3) is 6.08 Å². The molecule has 0 aliphatic carbocycles. The maximum Gasteiger partial charge on any atom is 0.270 e. The molecule has 1 heterocycles. The number of carbonyl (C=O) groups excluding carboxylic acids is 1. The van der Waals surface area contributed by atoms with Crippen LogP contribution in [0, 0.1) is 9.39 Å². The number of amides is 1. The molecule has 1 fully saturated rings. The minimum Gasteiger partial charge on any atom is -0.494 e. The number of benzene rings is 3. The molecule has 35 heavy (non-hydrogen) atoms. The van der Waals surface area contributed by atoms with Crippen molar-refractivity contribution in [2.45, 2.75) is 13.5 Å². The Morgan fingerprint density at radius 1 is 1.11 bits per heavy atom. The van der Waals surface area contributed by atoms with Crippen molar-refractivity contribution >= 4 is 68.6 Å². The highest BCUT2D eigenvalue weighted by Gasteiger charge is 2.33. The number of anilines is 1. The fraction of sp³-hybridized carbons (Fsp3) is 0.154. The van der Waals surface area contributed by atoms with Crippen LogP contribution in [0.2, 0.25) is 0 Å². The molecule has 0 N–H and O–H groups in total. The zero-order valence-electron chi connectivity index (χ0n) is 18.9. The number of hydrogen-bond donors (Lipinski definition) is 0. The van der Waals surface area contributed by atoms with Crippen LogP contribution >= 0.6 is 46.6 Å². The van der Waals surface area contributed by atoms with Crippen LogP contribution in [0.5, 0.6) is 17.2 Å². The molecule has 0 radical (unpaired) electrons. The van der Waals surface area contributed by atoms with Gasteiger partial charge in [-0.15, -0.1) is 0 Å². The Bertz CT molecular complexity index is 1300. The summed E-state index contributed by atoms with van der Waals surface area (Å²) in [6.07, 6.45) is 1.78. The minimum atomic E-state index is -0.326. The number of rotatable bonds is 8. The molecule has 0 atom stereocenters. The van der Waals surface area contributed by atoms with E-state index in [2.05, 4.69) is 22.6 Å². The van der Waals surface area contributed by atoms with E-state index < -0.39 is 0 Å². The first-order chi connectivity index (χ1) is 16.9. The second-order valence-corrected chi connectivity index (χ2v) is 10.2. The van der Waals surface area contributed by atoms with Gasteiger partial charge in [-0.2, -0.15) is 0 Å². The SMILES string of the molecule is CCOc1ccc(N2C(=O)/C(=C\c3cc(I)c(OCc4ccccc4F)c(OC)c3)SC2=S)cc1. The van der Waals surface area contributed by atoms with E-state index in [1.54, 1.807) is 30.3 Å². The van der Waals surface area contributed by atoms with Crippen molar-refractivity contribution in [1.82, 2.24) is 0 Å². The van der Waals surface area contributed by atoms with Crippen molar-refractivity contribution < 1.29 is 23.4 Å². The molecule has 9 heteroatoms. The van der Waals surface area contributed by atoms with Gasteiger partial charge in [0.05, 0.1) is 27.9 Å². The van der Waals surface area contributed by atoms with Gasteiger partial charge < -0.3 is 14.2 Å². The van der Waals surface area contributed by atoms with Crippen molar-refractivity contribution in [2.24, 2.45) is 0 Å². The van der Waals surface area contributed by atoms with E-state index in [0.29, 0.717) is 38.6 Å². The van der Waals surface area contributed by atoms with E-state index in [-0.39, 0.29) is 18.3 Å². The Morgan fingerprint density at radius 2 is 1.86 bits per heavy atom. The van der Waals surface area contributed by atoms with Crippen LogP contribution in [-0.2, 0) is 11.4 Å². The fourth-order valence-corrected chi connectivity index (χ4v) is 5.51. The lowest BCUT2D eigenvalue weighted by molar-refractivity contribution is -0.113. The summed E-state index contributed by atoms with van der Waals surface area (Å²) in [4.78, 5) is 15.2. The van der Waals surface area contributed by atoms with Crippen LogP contribution < -0.4 is 19.1 Å². The number of carbonyl (C=O) groups is 1. The van der Waals surface area contributed by atoms with Crippen LogP contribution in [0.1, 0.15) is 18.1 Å². The highest BCUT2D eigenvalue weighted by Crippen LogP contribution is 2.39. The van der Waals surface area contributed by atoms with E-state index in [0.717, 1.165) is 14.9 Å². The van der Waals surface area contributed by atoms with Gasteiger partial charge in [0.15, 0.2) is 15.8 Å². The Kier molecular flexibility index (Phi) is 8.30. The third-order valence-electron chi connectivity index (χ3n) is 5.08. The highest BCUT2D eigenvalue weighted by molar-refractivity contribution is 14.1. The van der Waals surface area contributed by atoms with Crippen molar-refractivity contribution in [3.63, 3.8) is 0 Å². The van der Waals surface area contributed by atoms with Crippen molar-refractivity contribution in [1.29, 1.82) is 0 Å². The summed E-state index contributed by atoms with van der Waals surface area (Å²) in [6, 6.07) is 17.4. The van der Waals surface area contributed by atoms with Crippen LogP contribution in [0.3, 0.4) is 0 Å². The van der Waals surface area contributed by atoms with Gasteiger partial charge in [-0.05, 0) is 83.6 Å². The first-order valence-corrected chi connectivity index (χ1v) is 13.0. The van der Waals surface area contributed by atoms with E-state index in [9.17, 15) is 9.18 Å². The molecule has 1 aliphatic heterocycles. The number of halogens is 2. The molecule has 1 amide bonds. The molecule has 0 unspecified atom stereocenters. The van der Waals surface area contributed by atoms with Crippen LogP contribution in [0.4, 0.5) is 10.1 Å². The Morgan fingerprint density at radius 3 is 2.54 bits per heavy atom. The first-order valence-electron chi connectivity index (χ1n) is 10.7. The molecule has 5 nitrogen and oxygen atoms in total. The normalized spacial score (nSPS) is 14.5. The largest absolute Gasteiger partial charge is 0.494 e. The third kappa shape index (κ3) is 5.79. The van der Waals surface area contributed by atoms with Crippen molar-refractivity contribution in [3.05, 3.63) is 86.1 Å². The summed E-state index contributed by atoms with van der Waals surface area (Å²) in [6.45, 7) is 2.55. The molecule has 3 aromatic carbocycles. The number of hydrogen-bond acceptors (Lipinski definition) is 6. The summed E-state index contributed by atoms with van der Waals surface area (Å²) in [5.41, 5.74) is 1.90. The first kappa shape index (κ1) is 25.5. The Hall–Kier alpha value is -2.63. The summed E-state index contributed by atoms with van der Waals surface area (Å²) in [7, 11) is 1.54. The maximum atomic E-state index is 14.0. The van der Waals surface area contributed by atoms with Crippen LogP contribution in [-0.4, -0.2) is 23.9 Å². The lowest BCUT2D eigenvalue weighted by atomic mass is 10.1. The zero-order valence-corrected chi connectivity index (χ0v) is 22.7. The molecule has 0 aromatic heterocycles. The van der Waals surface area contributed by atoms with Gasteiger partial charge in [0.1, 0.15) is 18.2 Å². The van der Waals surface area contributed by atoms with Crippen molar-refractivity contribution in [2.75, 3.05) is 18.6 Å². The van der Waals surface area contributed by atoms with E-state index in [1.165, 1.54) is 29.8 Å². The summed E-state index contributed by atoms with van der Waals surface area (Å²) in [5, 5.41) is 0. The van der Waals surface area contributed by atoms with Gasteiger partial charge in [0.25, 0.3) is 5.91 Å². The average Bonchev–Trinajstić information content (AvgIpc) is 3.12. The maximum absolute atomic E-state index is 14.0. The van der Waals surface area contributed by atoms with E-state index in [4.69, 9.17) is 26.4 Å². The molecular weight excluding hydrogens is 600 g/mol. The standard InChI is InChI=1S/C26H21FINO4S2/c1-3-32-19-10-8-18(9-11-19)29-25(30)23(35-26(29)34)14-16-12-21(28)24(22(13-16)31-2)33-15-17-6-4-5-7-20(17)27/h4-14H,3,15H2,1-2H3/b23-14+. The molecule has 1 saturated heterocycles.